The summed E-state index contributed by atoms with van der Waals surface area (Å²) in [5.74, 6) is -0.396. The molecule has 2 heterocycles. The summed E-state index contributed by atoms with van der Waals surface area (Å²) in [6, 6.07) is 10.8. The summed E-state index contributed by atoms with van der Waals surface area (Å²) in [6.45, 7) is 3.48. The minimum absolute atomic E-state index is 0.0565. The van der Waals surface area contributed by atoms with E-state index >= 15 is 0 Å². The van der Waals surface area contributed by atoms with Gasteiger partial charge in [-0.3, -0.25) is 4.79 Å². The van der Waals surface area contributed by atoms with Crippen LogP contribution in [-0.4, -0.2) is 34.1 Å². The highest BCUT2D eigenvalue weighted by atomic mass is 16.4. The van der Waals surface area contributed by atoms with Gasteiger partial charge in [0, 0.05) is 31.1 Å². The third-order valence-electron chi connectivity index (χ3n) is 6.22. The van der Waals surface area contributed by atoms with Crippen molar-refractivity contribution in [2.24, 2.45) is 5.73 Å². The molecule has 7 nitrogen and oxygen atoms in total. The summed E-state index contributed by atoms with van der Waals surface area (Å²) in [5, 5.41) is 19.9. The van der Waals surface area contributed by atoms with Crippen molar-refractivity contribution in [2.75, 3.05) is 13.1 Å². The molecule has 1 aliphatic heterocycles. The van der Waals surface area contributed by atoms with Gasteiger partial charge >= 0.3 is 5.63 Å². The highest BCUT2D eigenvalue weighted by molar-refractivity contribution is 5.86. The fraction of sp³-hybridized carbons (Fsp3) is 0.333. The van der Waals surface area contributed by atoms with Crippen molar-refractivity contribution in [3.63, 3.8) is 0 Å². The lowest BCUT2D eigenvalue weighted by atomic mass is 9.88. The van der Waals surface area contributed by atoms with E-state index in [1.807, 2.05) is 12.1 Å². The Morgan fingerprint density at radius 2 is 1.87 bits per heavy atom. The number of rotatable bonds is 4. The molecule has 1 amide bonds. The van der Waals surface area contributed by atoms with Crippen molar-refractivity contribution >= 4 is 16.9 Å². The van der Waals surface area contributed by atoms with E-state index in [1.54, 1.807) is 11.8 Å². The van der Waals surface area contributed by atoms with Crippen LogP contribution in [0.4, 0.5) is 0 Å². The molecule has 0 radical (unpaired) electrons. The Kier molecular flexibility index (Phi) is 5.69. The van der Waals surface area contributed by atoms with Crippen LogP contribution in [0.1, 0.15) is 41.0 Å². The number of likely N-dealkylation sites (tertiary alicyclic amines) is 1. The van der Waals surface area contributed by atoms with Gasteiger partial charge in [0.1, 0.15) is 5.58 Å². The molecule has 1 fully saturated rings. The predicted octanol–water partition coefficient (Wildman–Crippen LogP) is 2.92. The number of phenols is 2. The van der Waals surface area contributed by atoms with Crippen LogP contribution in [0.5, 0.6) is 11.5 Å². The van der Waals surface area contributed by atoms with E-state index in [1.165, 1.54) is 17.7 Å². The summed E-state index contributed by atoms with van der Waals surface area (Å²) < 4.78 is 5.29. The number of hydrogen-bond acceptors (Lipinski definition) is 6. The molecule has 162 valence electrons. The van der Waals surface area contributed by atoms with Crippen LogP contribution in [0.3, 0.4) is 0 Å². The number of nitrogens with two attached hydrogens (primary N) is 1. The largest absolute Gasteiger partial charge is 0.504 e. The maximum atomic E-state index is 12.9. The highest BCUT2D eigenvalue weighted by Gasteiger charge is 2.25. The Morgan fingerprint density at radius 3 is 2.58 bits per heavy atom. The molecule has 7 heteroatoms. The molecule has 0 bridgehead atoms. The molecule has 0 saturated carbocycles. The van der Waals surface area contributed by atoms with Crippen molar-refractivity contribution in [3.05, 3.63) is 69.1 Å². The van der Waals surface area contributed by atoms with Gasteiger partial charge in [-0.25, -0.2) is 4.79 Å². The Hall–Kier alpha value is -3.32. The molecule has 0 aliphatic carbocycles. The SMILES string of the molecule is Cc1c(CC(=O)N2CCC(c3cccc(CN)c3)CC2)c(=O)oc2cc(O)c(O)cc12. The smallest absolute Gasteiger partial charge is 0.340 e. The fourth-order valence-corrected chi connectivity index (χ4v) is 4.32. The van der Waals surface area contributed by atoms with E-state index in [-0.39, 0.29) is 35.0 Å². The van der Waals surface area contributed by atoms with Crippen LogP contribution in [0.2, 0.25) is 0 Å². The van der Waals surface area contributed by atoms with Crippen molar-refractivity contribution in [3.8, 4) is 11.5 Å². The van der Waals surface area contributed by atoms with Crippen LogP contribution in [0.15, 0.2) is 45.6 Å². The minimum atomic E-state index is -0.600. The van der Waals surface area contributed by atoms with Crippen LogP contribution in [0, 0.1) is 6.92 Å². The van der Waals surface area contributed by atoms with Crippen LogP contribution in [-0.2, 0) is 17.8 Å². The third-order valence-corrected chi connectivity index (χ3v) is 6.22. The number of fused-ring (bicyclic) bond motifs is 1. The van der Waals surface area contributed by atoms with Crippen molar-refractivity contribution in [1.82, 2.24) is 4.90 Å². The number of phenolic OH excluding ortho intramolecular Hbond substituents is 2. The lowest BCUT2D eigenvalue weighted by Crippen LogP contribution is -2.39. The number of carbonyl (C=O) groups excluding carboxylic acids is 1. The third kappa shape index (κ3) is 4.14. The Labute approximate surface area is 179 Å². The molecule has 4 N–H and O–H groups in total. The standard InChI is InChI=1S/C24H26N2O5/c1-14-18-10-20(27)21(28)12-22(18)31-24(30)19(14)11-23(29)26-7-5-16(6-8-26)17-4-2-3-15(9-17)13-25/h2-4,9-10,12,16,27-28H,5-8,11,13,25H2,1H3. The zero-order valence-corrected chi connectivity index (χ0v) is 17.4. The number of benzene rings is 2. The number of hydrogen-bond donors (Lipinski definition) is 3. The number of nitrogens with zero attached hydrogens (tertiary/aromatic N) is 1. The van der Waals surface area contributed by atoms with Crippen molar-refractivity contribution < 1.29 is 19.4 Å². The summed E-state index contributed by atoms with van der Waals surface area (Å²) in [5.41, 5.74) is 8.53. The number of aryl methyl sites for hydroxylation is 1. The summed E-state index contributed by atoms with van der Waals surface area (Å²) in [7, 11) is 0. The lowest BCUT2D eigenvalue weighted by Gasteiger charge is -2.32. The van der Waals surface area contributed by atoms with Gasteiger partial charge in [-0.05, 0) is 48.4 Å². The first kappa shape index (κ1) is 20.9. The van der Waals surface area contributed by atoms with Crippen LogP contribution >= 0.6 is 0 Å². The summed E-state index contributed by atoms with van der Waals surface area (Å²) >= 11 is 0. The molecule has 0 spiro atoms. The molecule has 1 saturated heterocycles. The van der Waals surface area contributed by atoms with Gasteiger partial charge in [-0.2, -0.15) is 0 Å². The first-order chi connectivity index (χ1) is 14.9. The van der Waals surface area contributed by atoms with Crippen molar-refractivity contribution in [1.29, 1.82) is 0 Å². The zero-order valence-electron chi connectivity index (χ0n) is 17.4. The molecule has 2 aromatic carbocycles. The molecule has 0 unspecified atom stereocenters. The van der Waals surface area contributed by atoms with Crippen molar-refractivity contribution in [2.45, 2.75) is 38.6 Å². The van der Waals surface area contributed by atoms with E-state index < -0.39 is 5.63 Å². The Bertz CT molecular complexity index is 1190. The number of piperidine rings is 1. The zero-order chi connectivity index (χ0) is 22.1. The molecule has 3 aromatic rings. The fourth-order valence-electron chi connectivity index (χ4n) is 4.32. The Balaban J connectivity index is 1.48. The van der Waals surface area contributed by atoms with Crippen LogP contribution < -0.4 is 11.4 Å². The van der Waals surface area contributed by atoms with E-state index in [0.29, 0.717) is 36.5 Å². The Morgan fingerprint density at radius 1 is 1.16 bits per heavy atom. The maximum absolute atomic E-state index is 12.9. The number of aromatic hydroxyl groups is 2. The summed E-state index contributed by atoms with van der Waals surface area (Å²) in [6.07, 6.45) is 1.66. The second-order valence-electron chi connectivity index (χ2n) is 8.11. The summed E-state index contributed by atoms with van der Waals surface area (Å²) in [4.78, 5) is 27.2. The molecule has 4 rings (SSSR count). The quantitative estimate of drug-likeness (QED) is 0.440. The average molecular weight is 422 g/mol. The first-order valence-electron chi connectivity index (χ1n) is 10.4. The second-order valence-corrected chi connectivity index (χ2v) is 8.11. The lowest BCUT2D eigenvalue weighted by molar-refractivity contribution is -0.131. The maximum Gasteiger partial charge on any atom is 0.340 e. The topological polar surface area (TPSA) is 117 Å². The predicted molar refractivity (Wildman–Crippen MR) is 117 cm³/mol. The average Bonchev–Trinajstić information content (AvgIpc) is 2.78. The van der Waals surface area contributed by atoms with Gasteiger partial charge in [-0.15, -0.1) is 0 Å². The number of amides is 1. The minimum Gasteiger partial charge on any atom is -0.504 e. The van der Waals surface area contributed by atoms with E-state index in [4.69, 9.17) is 10.2 Å². The van der Waals surface area contributed by atoms with Gasteiger partial charge in [0.05, 0.1) is 12.0 Å². The first-order valence-corrected chi connectivity index (χ1v) is 10.4. The molecule has 0 atom stereocenters. The van der Waals surface area contributed by atoms with Crippen LogP contribution in [0.25, 0.3) is 11.0 Å². The van der Waals surface area contributed by atoms with Gasteiger partial charge < -0.3 is 25.3 Å². The highest BCUT2D eigenvalue weighted by Crippen LogP contribution is 2.32. The molecular weight excluding hydrogens is 396 g/mol. The molecule has 1 aromatic heterocycles. The van der Waals surface area contributed by atoms with E-state index in [0.717, 1.165) is 18.4 Å². The second kappa shape index (κ2) is 8.43. The molecular formula is C24H26N2O5. The van der Waals surface area contributed by atoms with Gasteiger partial charge in [0.15, 0.2) is 11.5 Å². The van der Waals surface area contributed by atoms with E-state index in [9.17, 15) is 19.8 Å². The van der Waals surface area contributed by atoms with Gasteiger partial charge in [-0.1, -0.05) is 24.3 Å². The van der Waals surface area contributed by atoms with E-state index in [2.05, 4.69) is 12.1 Å². The molecule has 1 aliphatic rings. The monoisotopic (exact) mass is 422 g/mol. The molecule has 31 heavy (non-hydrogen) atoms. The van der Waals surface area contributed by atoms with Gasteiger partial charge in [0.25, 0.3) is 0 Å². The normalized spacial score (nSPS) is 14.8. The number of carbonyl (C=O) groups is 1. The van der Waals surface area contributed by atoms with Gasteiger partial charge in [0.2, 0.25) is 5.91 Å².